The molecule has 0 fully saturated rings. The van der Waals surface area contributed by atoms with Gasteiger partial charge in [0.05, 0.1) is 19.8 Å². The summed E-state index contributed by atoms with van der Waals surface area (Å²) >= 11 is 0. The Kier molecular flexibility index (Phi) is 52.6. The molecule has 10 nitrogen and oxygen atoms in total. The molecule has 0 aromatic carbocycles. The highest BCUT2D eigenvalue weighted by Gasteiger charge is 2.27. The lowest BCUT2D eigenvalue weighted by atomic mass is 10.0. The number of aliphatic hydroxyl groups excluding tert-OH is 2. The monoisotopic (exact) mass is 997 g/mol. The van der Waals surface area contributed by atoms with Gasteiger partial charge >= 0.3 is 19.8 Å². The summed E-state index contributed by atoms with van der Waals surface area (Å²) < 4.78 is 32.9. The molecular weight excluding hydrogens is 888 g/mol. The number of allylic oxidation sites excluding steroid dienone is 6. The average molecular weight is 997 g/mol. The summed E-state index contributed by atoms with van der Waals surface area (Å²) in [6.07, 6.45) is 61.5. The van der Waals surface area contributed by atoms with E-state index < -0.39 is 51.8 Å². The quantitative estimate of drug-likeness (QED) is 0.0233. The molecule has 0 spiro atoms. The van der Waals surface area contributed by atoms with Crippen molar-refractivity contribution in [2.24, 2.45) is 0 Å². The zero-order valence-electron chi connectivity index (χ0n) is 44.8. The van der Waals surface area contributed by atoms with Gasteiger partial charge in [-0.05, 0) is 64.2 Å². The van der Waals surface area contributed by atoms with Gasteiger partial charge in [0.25, 0.3) is 0 Å². The van der Waals surface area contributed by atoms with Gasteiger partial charge in [0.2, 0.25) is 0 Å². The molecule has 3 atom stereocenters. The zero-order valence-corrected chi connectivity index (χ0v) is 45.7. The zero-order chi connectivity index (χ0) is 50.4. The van der Waals surface area contributed by atoms with E-state index in [2.05, 4.69) is 50.3 Å². The molecule has 0 aliphatic rings. The molecule has 69 heavy (non-hydrogen) atoms. The van der Waals surface area contributed by atoms with E-state index in [1.165, 1.54) is 205 Å². The van der Waals surface area contributed by atoms with Crippen molar-refractivity contribution < 1.29 is 47.8 Å². The fourth-order valence-corrected chi connectivity index (χ4v) is 9.10. The van der Waals surface area contributed by atoms with Crippen LogP contribution in [0, 0.1) is 0 Å². The van der Waals surface area contributed by atoms with Crippen LogP contribution in [-0.2, 0) is 32.7 Å². The van der Waals surface area contributed by atoms with Crippen molar-refractivity contribution in [2.45, 2.75) is 296 Å². The maximum absolute atomic E-state index is 12.7. The van der Waals surface area contributed by atoms with Gasteiger partial charge in [-0.15, -0.1) is 0 Å². The summed E-state index contributed by atoms with van der Waals surface area (Å²) in [5.41, 5.74) is 0. The lowest BCUT2D eigenvalue weighted by Crippen LogP contribution is -2.29. The second kappa shape index (κ2) is 54.0. The second-order valence-corrected chi connectivity index (χ2v) is 21.1. The molecule has 0 radical (unpaired) electrons. The molecule has 0 amide bonds. The number of phosphoric acid groups is 1. The van der Waals surface area contributed by atoms with Crippen molar-refractivity contribution in [1.82, 2.24) is 0 Å². The molecule has 406 valence electrons. The summed E-state index contributed by atoms with van der Waals surface area (Å²) in [6.45, 7) is 2.38. The standard InChI is InChI=1S/C58H109O10P/c1-3-5-7-9-11-13-15-17-19-21-23-25-27-29-31-33-35-37-39-41-43-45-47-49-57(61)65-53-56(54-67-69(63,64)66-52-55(60)51-59)68-58(62)50-48-46-44-42-40-38-36-34-32-30-28-26-24-22-20-18-16-14-12-10-8-6-4-2/h33,35,41-44,55-56,59-60H,3-32,34,36-40,45-54H2,1-2H3,(H,63,64)/b35-33+,43-41+,44-42+/t55-,56+/m0/s1. The number of hydrogen-bond donors (Lipinski definition) is 3. The highest BCUT2D eigenvalue weighted by molar-refractivity contribution is 7.47. The number of rotatable bonds is 55. The highest BCUT2D eigenvalue weighted by atomic mass is 31.2. The molecule has 1 unspecified atom stereocenters. The van der Waals surface area contributed by atoms with Crippen molar-refractivity contribution in [1.29, 1.82) is 0 Å². The topological polar surface area (TPSA) is 149 Å². The Morgan fingerprint density at radius 3 is 1.09 bits per heavy atom. The first-order chi connectivity index (χ1) is 33.7. The van der Waals surface area contributed by atoms with Gasteiger partial charge in [-0.3, -0.25) is 18.6 Å². The molecule has 0 aliphatic heterocycles. The molecule has 11 heteroatoms. The molecular formula is C58H109O10P. The lowest BCUT2D eigenvalue weighted by Gasteiger charge is -2.20. The summed E-state index contributed by atoms with van der Waals surface area (Å²) in [7, 11) is -4.64. The number of carbonyl (C=O) groups is 2. The second-order valence-electron chi connectivity index (χ2n) is 19.7. The van der Waals surface area contributed by atoms with E-state index in [0.29, 0.717) is 12.8 Å². The molecule has 0 bridgehead atoms. The van der Waals surface area contributed by atoms with Crippen LogP contribution in [0.25, 0.3) is 0 Å². The van der Waals surface area contributed by atoms with Crippen molar-refractivity contribution in [3.8, 4) is 0 Å². The first-order valence-corrected chi connectivity index (χ1v) is 30.4. The molecule has 0 rings (SSSR count). The van der Waals surface area contributed by atoms with E-state index in [1.54, 1.807) is 0 Å². The van der Waals surface area contributed by atoms with E-state index in [0.717, 1.165) is 38.5 Å². The van der Waals surface area contributed by atoms with Gasteiger partial charge in [-0.25, -0.2) is 4.57 Å². The van der Waals surface area contributed by atoms with Gasteiger partial charge in [0, 0.05) is 12.8 Å². The molecule has 0 saturated carbocycles. The van der Waals surface area contributed by atoms with E-state index >= 15 is 0 Å². The van der Waals surface area contributed by atoms with Crippen molar-refractivity contribution >= 4 is 19.8 Å². The Morgan fingerprint density at radius 2 is 0.725 bits per heavy atom. The number of ether oxygens (including phenoxy) is 2. The van der Waals surface area contributed by atoms with Crippen LogP contribution in [0.5, 0.6) is 0 Å². The van der Waals surface area contributed by atoms with Crippen molar-refractivity contribution in [2.75, 3.05) is 26.4 Å². The van der Waals surface area contributed by atoms with Crippen molar-refractivity contribution in [3.05, 3.63) is 36.5 Å². The van der Waals surface area contributed by atoms with E-state index in [9.17, 15) is 24.2 Å². The number of esters is 2. The van der Waals surface area contributed by atoms with Crippen LogP contribution in [0.3, 0.4) is 0 Å². The molecule has 0 saturated heterocycles. The molecule has 0 aromatic rings. The third-order valence-corrected chi connectivity index (χ3v) is 13.7. The van der Waals surface area contributed by atoms with Crippen LogP contribution in [-0.4, -0.2) is 65.7 Å². The fraction of sp³-hybridized carbons (Fsp3) is 0.862. The predicted octanol–water partition coefficient (Wildman–Crippen LogP) is 17.0. The summed E-state index contributed by atoms with van der Waals surface area (Å²) in [4.78, 5) is 35.2. The normalized spacial score (nSPS) is 13.8. The molecule has 0 aromatic heterocycles. The number of unbranched alkanes of at least 4 members (excludes halogenated alkanes) is 35. The number of phosphoric ester groups is 1. The van der Waals surface area contributed by atoms with E-state index in [-0.39, 0.29) is 19.4 Å². The number of aliphatic hydroxyl groups is 2. The highest BCUT2D eigenvalue weighted by Crippen LogP contribution is 2.43. The lowest BCUT2D eigenvalue weighted by molar-refractivity contribution is -0.161. The van der Waals surface area contributed by atoms with Gasteiger partial charge < -0.3 is 24.6 Å². The Labute approximate surface area is 424 Å². The van der Waals surface area contributed by atoms with Crippen molar-refractivity contribution in [3.63, 3.8) is 0 Å². The van der Waals surface area contributed by atoms with Crippen LogP contribution in [0.1, 0.15) is 284 Å². The Hall–Kier alpha value is -1.81. The minimum absolute atomic E-state index is 0.131. The Bertz CT molecular complexity index is 1240. The Morgan fingerprint density at radius 1 is 0.420 bits per heavy atom. The van der Waals surface area contributed by atoms with Crippen LogP contribution < -0.4 is 0 Å². The third kappa shape index (κ3) is 53.8. The first-order valence-electron chi connectivity index (χ1n) is 28.9. The maximum Gasteiger partial charge on any atom is 0.472 e. The molecule has 0 heterocycles. The van der Waals surface area contributed by atoms with E-state index in [4.69, 9.17) is 23.6 Å². The SMILES string of the molecule is CCCCCCCCCCCCCCCC/C=C/CC/C=C/CCCC(=O)OC[C@H](COP(=O)(O)OC[C@@H](O)CO)OC(=O)CCC/C=C/CCCCCCCCCCCCCCCCCCCC. The van der Waals surface area contributed by atoms with Gasteiger partial charge in [0.1, 0.15) is 12.7 Å². The summed E-state index contributed by atoms with van der Waals surface area (Å²) in [5, 5.41) is 18.4. The first kappa shape index (κ1) is 67.2. The Balaban J connectivity index is 4.16. The minimum Gasteiger partial charge on any atom is -0.462 e. The van der Waals surface area contributed by atoms with E-state index in [1.807, 2.05) is 0 Å². The van der Waals surface area contributed by atoms with Crippen LogP contribution >= 0.6 is 7.82 Å². The predicted molar refractivity (Wildman–Crippen MR) is 288 cm³/mol. The van der Waals surface area contributed by atoms with Crippen LogP contribution in [0.15, 0.2) is 36.5 Å². The summed E-state index contributed by atoms with van der Waals surface area (Å²) in [6, 6.07) is 0. The average Bonchev–Trinajstić information content (AvgIpc) is 3.34. The fourth-order valence-electron chi connectivity index (χ4n) is 8.32. The third-order valence-electron chi connectivity index (χ3n) is 12.7. The molecule has 3 N–H and O–H groups in total. The van der Waals surface area contributed by atoms with Gasteiger partial charge in [0.15, 0.2) is 6.10 Å². The van der Waals surface area contributed by atoms with Crippen LogP contribution in [0.2, 0.25) is 0 Å². The van der Waals surface area contributed by atoms with Crippen LogP contribution in [0.4, 0.5) is 0 Å². The number of carbonyl (C=O) groups excluding carboxylic acids is 2. The van der Waals surface area contributed by atoms with Gasteiger partial charge in [-0.2, -0.15) is 0 Å². The van der Waals surface area contributed by atoms with Gasteiger partial charge in [-0.1, -0.05) is 243 Å². The summed E-state index contributed by atoms with van der Waals surface area (Å²) in [5.74, 6) is -0.999. The number of hydrogen-bond acceptors (Lipinski definition) is 9. The largest absolute Gasteiger partial charge is 0.472 e. The molecule has 0 aliphatic carbocycles. The minimum atomic E-state index is -4.64. The smallest absolute Gasteiger partial charge is 0.462 e. The maximum atomic E-state index is 12.7.